The van der Waals surface area contributed by atoms with Gasteiger partial charge in [0.05, 0.1) is 0 Å². The summed E-state index contributed by atoms with van der Waals surface area (Å²) in [4.78, 5) is 2.29. The Kier molecular flexibility index (Phi) is 7.63. The summed E-state index contributed by atoms with van der Waals surface area (Å²) in [5, 5.41) is 5.09. The monoisotopic (exact) mass is 492 g/mol. The average molecular weight is 493 g/mol. The van der Waals surface area contributed by atoms with Crippen molar-refractivity contribution in [3.63, 3.8) is 0 Å². The van der Waals surface area contributed by atoms with Gasteiger partial charge in [-0.3, -0.25) is 0 Å². The lowest BCUT2D eigenvalue weighted by atomic mass is 10.0. The van der Waals surface area contributed by atoms with Crippen molar-refractivity contribution in [3.05, 3.63) is 150 Å². The maximum absolute atomic E-state index is 4.50. The van der Waals surface area contributed by atoms with E-state index in [9.17, 15) is 0 Å². The quantitative estimate of drug-likeness (QED) is 0.192. The summed E-state index contributed by atoms with van der Waals surface area (Å²) in [7, 11) is 1.50. The van der Waals surface area contributed by atoms with Gasteiger partial charge in [0.1, 0.15) is 0 Å². The van der Waals surface area contributed by atoms with Crippen LogP contribution in [0.3, 0.4) is 0 Å². The first kappa shape index (κ1) is 25.0. The number of aryl methyl sites for hydroxylation is 1. The van der Waals surface area contributed by atoms with Crippen molar-refractivity contribution in [2.75, 3.05) is 11.9 Å². The van der Waals surface area contributed by atoms with Crippen LogP contribution in [0.15, 0.2) is 133 Å². The molecule has 2 nitrogen and oxygen atoms in total. The maximum atomic E-state index is 4.50. The van der Waals surface area contributed by atoms with E-state index < -0.39 is 0 Å². The highest BCUT2D eigenvalue weighted by atomic mass is 15.1. The summed E-state index contributed by atoms with van der Waals surface area (Å²) in [5.41, 5.74) is 11.6. The number of hydrogen-bond donors (Lipinski definition) is 1. The first-order valence-corrected chi connectivity index (χ1v) is 12.9. The second kappa shape index (κ2) is 11.6. The fraction of sp³-hybridized carbons (Fsp3) is 0.0556. The molecule has 2 N–H and O–H groups in total. The van der Waals surface area contributed by atoms with Gasteiger partial charge in [0.25, 0.3) is 0 Å². The van der Waals surface area contributed by atoms with Crippen molar-refractivity contribution in [1.29, 1.82) is 0 Å². The van der Waals surface area contributed by atoms with Gasteiger partial charge in [0.15, 0.2) is 0 Å². The predicted octanol–water partition coefficient (Wildman–Crippen LogP) is 9.52. The third-order valence-corrected chi connectivity index (χ3v) is 6.65. The van der Waals surface area contributed by atoms with Gasteiger partial charge in [-0.2, -0.15) is 0 Å². The molecule has 0 amide bonds. The van der Waals surface area contributed by atoms with Crippen LogP contribution in [0.5, 0.6) is 0 Å². The van der Waals surface area contributed by atoms with Crippen molar-refractivity contribution < 1.29 is 0 Å². The van der Waals surface area contributed by atoms with E-state index in [1.165, 1.54) is 45.3 Å². The Hall–Kier alpha value is -4.66. The number of anilines is 3. The number of nitrogens with zero attached hydrogens (tertiary/aromatic N) is 1. The smallest absolute Gasteiger partial charge is 0.0462 e. The summed E-state index contributed by atoms with van der Waals surface area (Å²) >= 11 is 0. The summed E-state index contributed by atoms with van der Waals surface area (Å²) < 4.78 is 0. The van der Waals surface area contributed by atoms with Gasteiger partial charge in [0, 0.05) is 17.1 Å². The molecule has 6 rings (SSSR count). The number of benzene rings is 6. The molecule has 0 aromatic heterocycles. The van der Waals surface area contributed by atoms with Gasteiger partial charge < -0.3 is 10.6 Å². The SMILES string of the molecule is CN.Cc1ccc(N(c2ccccc2)c2ccc(C=Cc3ccc4cc5ccccc5cc4c3)cc2)cc1. The largest absolute Gasteiger partial charge is 0.333 e. The van der Waals surface area contributed by atoms with E-state index in [1.807, 2.05) is 0 Å². The molecule has 0 radical (unpaired) electrons. The lowest BCUT2D eigenvalue weighted by molar-refractivity contribution is 1.27. The Morgan fingerprint density at radius 1 is 0.447 bits per heavy atom. The van der Waals surface area contributed by atoms with Crippen LogP contribution >= 0.6 is 0 Å². The second-order valence-electron chi connectivity index (χ2n) is 9.24. The molecule has 0 unspecified atom stereocenters. The first-order valence-electron chi connectivity index (χ1n) is 12.9. The molecule has 0 bridgehead atoms. The Bertz CT molecular complexity index is 1670. The zero-order valence-electron chi connectivity index (χ0n) is 21.9. The minimum absolute atomic E-state index is 1.14. The molecule has 186 valence electrons. The Balaban J connectivity index is 0.00000144. The summed E-state index contributed by atoms with van der Waals surface area (Å²) in [6, 6.07) is 47.7. The lowest BCUT2D eigenvalue weighted by Gasteiger charge is -2.25. The zero-order chi connectivity index (χ0) is 26.3. The number of fused-ring (bicyclic) bond motifs is 2. The second-order valence-corrected chi connectivity index (χ2v) is 9.24. The molecule has 2 heteroatoms. The molecule has 0 aliphatic heterocycles. The van der Waals surface area contributed by atoms with Gasteiger partial charge in [-0.05, 0) is 101 Å². The fourth-order valence-electron chi connectivity index (χ4n) is 4.71. The normalized spacial score (nSPS) is 10.9. The Morgan fingerprint density at radius 2 is 0.921 bits per heavy atom. The number of hydrogen-bond acceptors (Lipinski definition) is 2. The lowest BCUT2D eigenvalue weighted by Crippen LogP contribution is -2.09. The molecular formula is C36H32N2. The van der Waals surface area contributed by atoms with Crippen LogP contribution < -0.4 is 10.6 Å². The zero-order valence-corrected chi connectivity index (χ0v) is 21.9. The molecule has 0 fully saturated rings. The van der Waals surface area contributed by atoms with E-state index in [4.69, 9.17) is 0 Å². The molecule has 0 aliphatic carbocycles. The highest BCUT2D eigenvalue weighted by Gasteiger charge is 2.11. The maximum Gasteiger partial charge on any atom is 0.0462 e. The number of para-hydroxylation sites is 1. The van der Waals surface area contributed by atoms with E-state index in [0.29, 0.717) is 0 Å². The fourth-order valence-corrected chi connectivity index (χ4v) is 4.71. The van der Waals surface area contributed by atoms with Crippen molar-refractivity contribution in [3.8, 4) is 0 Å². The van der Waals surface area contributed by atoms with Crippen LogP contribution in [0.1, 0.15) is 16.7 Å². The highest BCUT2D eigenvalue weighted by Crippen LogP contribution is 2.34. The number of nitrogens with two attached hydrogens (primary N) is 1. The van der Waals surface area contributed by atoms with Crippen LogP contribution in [0.2, 0.25) is 0 Å². The molecule has 0 saturated carbocycles. The molecular weight excluding hydrogens is 460 g/mol. The van der Waals surface area contributed by atoms with Gasteiger partial charge in [-0.1, -0.05) is 96.6 Å². The van der Waals surface area contributed by atoms with E-state index in [0.717, 1.165) is 17.1 Å². The van der Waals surface area contributed by atoms with Crippen LogP contribution in [-0.4, -0.2) is 7.05 Å². The minimum atomic E-state index is 1.14. The van der Waals surface area contributed by atoms with Gasteiger partial charge in [-0.25, -0.2) is 0 Å². The van der Waals surface area contributed by atoms with Crippen LogP contribution in [-0.2, 0) is 0 Å². The molecule has 38 heavy (non-hydrogen) atoms. The molecule has 0 aliphatic rings. The van der Waals surface area contributed by atoms with E-state index in [1.54, 1.807) is 0 Å². The molecule has 0 heterocycles. The van der Waals surface area contributed by atoms with E-state index >= 15 is 0 Å². The van der Waals surface area contributed by atoms with Crippen molar-refractivity contribution in [1.82, 2.24) is 0 Å². The third-order valence-electron chi connectivity index (χ3n) is 6.65. The standard InChI is InChI=1S/C35H27N.CH5N/c1-26-11-19-34(20-12-26)36(33-9-3-2-4-10-33)35-21-16-27(17-22-35)13-14-28-15-18-31-24-29-7-5-6-8-30(29)25-32(31)23-28;1-2/h2-25H,1H3;2H2,1H3. The highest BCUT2D eigenvalue weighted by molar-refractivity contribution is 5.99. The van der Waals surface area contributed by atoms with Crippen molar-refractivity contribution in [2.45, 2.75) is 6.92 Å². The minimum Gasteiger partial charge on any atom is -0.333 e. The molecule has 0 saturated heterocycles. The van der Waals surface area contributed by atoms with Crippen LogP contribution in [0, 0.1) is 6.92 Å². The summed E-state index contributed by atoms with van der Waals surface area (Å²) in [5.74, 6) is 0. The van der Waals surface area contributed by atoms with Crippen LogP contribution in [0.4, 0.5) is 17.1 Å². The molecule has 0 atom stereocenters. The summed E-state index contributed by atoms with van der Waals surface area (Å²) in [6.45, 7) is 2.12. The van der Waals surface area contributed by atoms with E-state index in [-0.39, 0.29) is 0 Å². The summed E-state index contributed by atoms with van der Waals surface area (Å²) in [6.07, 6.45) is 4.38. The van der Waals surface area contributed by atoms with E-state index in [2.05, 4.69) is 163 Å². The number of rotatable bonds is 5. The topological polar surface area (TPSA) is 29.3 Å². The Labute approximate surface area is 225 Å². The first-order chi connectivity index (χ1) is 18.7. The van der Waals surface area contributed by atoms with Gasteiger partial charge >= 0.3 is 0 Å². The third kappa shape index (κ3) is 5.51. The predicted molar refractivity (Wildman–Crippen MR) is 166 cm³/mol. The van der Waals surface area contributed by atoms with Gasteiger partial charge in [0.2, 0.25) is 0 Å². The molecule has 0 spiro atoms. The average Bonchev–Trinajstić information content (AvgIpc) is 2.98. The van der Waals surface area contributed by atoms with Crippen molar-refractivity contribution in [2.24, 2.45) is 5.73 Å². The Morgan fingerprint density at radius 3 is 1.58 bits per heavy atom. The molecule has 6 aromatic carbocycles. The van der Waals surface area contributed by atoms with Crippen LogP contribution in [0.25, 0.3) is 33.7 Å². The van der Waals surface area contributed by atoms with Gasteiger partial charge in [-0.15, -0.1) is 0 Å². The molecule has 6 aromatic rings. The van der Waals surface area contributed by atoms with Crippen molar-refractivity contribution >= 4 is 50.8 Å².